The van der Waals surface area contributed by atoms with Crippen LogP contribution in [0.2, 0.25) is 15.8 Å². The average molecular weight is 329 g/mol. The van der Waals surface area contributed by atoms with Crippen molar-refractivity contribution in [3.63, 3.8) is 0 Å². The molecule has 0 saturated heterocycles. The predicted octanol–water partition coefficient (Wildman–Crippen LogP) is 4.49. The summed E-state index contributed by atoms with van der Waals surface area (Å²) >= 11 is -2.09. The van der Waals surface area contributed by atoms with Crippen molar-refractivity contribution >= 4 is 19.6 Å². The van der Waals surface area contributed by atoms with Gasteiger partial charge in [-0.2, -0.15) is 0 Å². The molecule has 3 heteroatoms. The van der Waals surface area contributed by atoms with Crippen molar-refractivity contribution in [3.8, 4) is 0 Å². The summed E-state index contributed by atoms with van der Waals surface area (Å²) in [6.45, 7) is 6.63. The quantitative estimate of drug-likeness (QED) is 0.325. The Morgan fingerprint density at radius 1 is 0.947 bits per heavy atom. The molecule has 0 atom stereocenters. The van der Waals surface area contributed by atoms with E-state index < -0.39 is 13.3 Å². The average Bonchev–Trinajstić information content (AvgIpc) is 2.45. The van der Waals surface area contributed by atoms with Crippen LogP contribution in [0.4, 0.5) is 0 Å². The van der Waals surface area contributed by atoms with E-state index in [-0.39, 0.29) is 6.61 Å². The van der Waals surface area contributed by atoms with Crippen LogP contribution in [0.15, 0.2) is 10.5 Å². The van der Waals surface area contributed by atoms with Crippen LogP contribution in [0.25, 0.3) is 0 Å². The molecule has 0 aliphatic carbocycles. The Hall–Kier alpha value is -0.0871. The van der Waals surface area contributed by atoms with Gasteiger partial charge in [-0.05, 0) is 0 Å². The Bertz CT molecular complexity index is 240. The molecule has 0 fully saturated rings. The molecule has 0 aliphatic rings. The molecule has 1 N–H and O–H groups in total. The normalized spacial score (nSPS) is 12.7. The van der Waals surface area contributed by atoms with Gasteiger partial charge in [0.05, 0.1) is 0 Å². The van der Waals surface area contributed by atoms with Gasteiger partial charge in [0, 0.05) is 0 Å². The second-order valence-corrected chi connectivity index (χ2v) is 15.1. The third-order valence-corrected chi connectivity index (χ3v) is 14.5. The molecule has 0 radical (unpaired) electrons. The fourth-order valence-electron chi connectivity index (χ4n) is 2.69. The Labute approximate surface area is 122 Å². The molecule has 0 saturated carbocycles. The Balaban J connectivity index is 5.06. The first-order chi connectivity index (χ1) is 9.17. The minimum atomic E-state index is -2.09. The minimum absolute atomic E-state index is 0.0825. The molecule has 0 aromatic heterocycles. The summed E-state index contributed by atoms with van der Waals surface area (Å²) < 4.78 is 0. The van der Waals surface area contributed by atoms with Gasteiger partial charge in [0.15, 0.2) is 0 Å². The van der Waals surface area contributed by atoms with Crippen molar-refractivity contribution in [2.45, 2.75) is 75.1 Å². The Kier molecular flexibility index (Phi) is 11.7. The van der Waals surface area contributed by atoms with Crippen LogP contribution in [-0.4, -0.2) is 31.3 Å². The topological polar surface area (TPSA) is 37.3 Å². The summed E-state index contributed by atoms with van der Waals surface area (Å²) in [7, 11) is 0. The van der Waals surface area contributed by atoms with Crippen molar-refractivity contribution in [3.05, 3.63) is 10.5 Å². The fraction of sp³-hybridized carbons (Fsp3) is 0.812. The van der Waals surface area contributed by atoms with Crippen LogP contribution < -0.4 is 0 Å². The zero-order chi connectivity index (χ0) is 14.6. The molecule has 0 bridgehead atoms. The number of aldehydes is 1. The van der Waals surface area contributed by atoms with Crippen LogP contribution in [0.5, 0.6) is 0 Å². The van der Waals surface area contributed by atoms with Gasteiger partial charge >= 0.3 is 122 Å². The number of carbonyl (C=O) groups is 1. The van der Waals surface area contributed by atoms with Gasteiger partial charge in [-0.15, -0.1) is 0 Å². The molecule has 0 amide bonds. The fourth-order valence-corrected chi connectivity index (χ4v) is 13.8. The monoisotopic (exact) mass is 330 g/mol. The van der Waals surface area contributed by atoms with E-state index in [1.165, 1.54) is 54.3 Å². The molecule has 0 aliphatic heterocycles. The second kappa shape index (κ2) is 11.7. The van der Waals surface area contributed by atoms with Gasteiger partial charge < -0.3 is 0 Å². The standard InChI is InChI=1S/C16H32GeO2/c1-4-7-10-17(11-8-5-2,12-9-6-3)13-16(14-18)15-19/h13-14,19H,4-12,15H2,1-3H3/b16-13+. The number of carbonyl (C=O) groups excluding carboxylic acids is 1. The Morgan fingerprint density at radius 2 is 1.37 bits per heavy atom. The van der Waals surface area contributed by atoms with Crippen LogP contribution in [0.1, 0.15) is 59.3 Å². The van der Waals surface area contributed by atoms with Crippen molar-refractivity contribution in [1.82, 2.24) is 0 Å². The molecular weight excluding hydrogens is 297 g/mol. The first-order valence-corrected chi connectivity index (χ1v) is 13.6. The number of hydrogen-bond acceptors (Lipinski definition) is 2. The van der Waals surface area contributed by atoms with E-state index in [9.17, 15) is 9.90 Å². The van der Waals surface area contributed by atoms with Gasteiger partial charge in [0.25, 0.3) is 0 Å². The van der Waals surface area contributed by atoms with Crippen molar-refractivity contribution < 1.29 is 9.90 Å². The van der Waals surface area contributed by atoms with E-state index in [4.69, 9.17) is 0 Å². The third kappa shape index (κ3) is 7.93. The van der Waals surface area contributed by atoms with E-state index >= 15 is 0 Å². The molecule has 2 nitrogen and oxygen atoms in total. The van der Waals surface area contributed by atoms with Crippen molar-refractivity contribution in [1.29, 1.82) is 0 Å². The van der Waals surface area contributed by atoms with Crippen LogP contribution in [-0.2, 0) is 4.79 Å². The van der Waals surface area contributed by atoms with E-state index in [0.29, 0.717) is 5.57 Å². The van der Waals surface area contributed by atoms with Crippen molar-refractivity contribution in [2.24, 2.45) is 0 Å². The van der Waals surface area contributed by atoms with Crippen molar-refractivity contribution in [2.75, 3.05) is 6.61 Å². The van der Waals surface area contributed by atoms with Gasteiger partial charge in [0.1, 0.15) is 0 Å². The third-order valence-electron chi connectivity index (χ3n) is 3.91. The van der Waals surface area contributed by atoms with E-state index in [0.717, 1.165) is 6.29 Å². The summed E-state index contributed by atoms with van der Waals surface area (Å²) in [5.74, 6) is 0. The summed E-state index contributed by atoms with van der Waals surface area (Å²) in [6, 6.07) is 0. The number of unbranched alkanes of at least 4 members (excludes halogenated alkanes) is 3. The van der Waals surface area contributed by atoms with E-state index in [1.807, 2.05) is 0 Å². The van der Waals surface area contributed by atoms with Gasteiger partial charge in [-0.3, -0.25) is 0 Å². The zero-order valence-electron chi connectivity index (χ0n) is 13.1. The molecule has 0 spiro atoms. The van der Waals surface area contributed by atoms with Crippen LogP contribution in [0.3, 0.4) is 0 Å². The first-order valence-electron chi connectivity index (χ1n) is 7.95. The number of rotatable bonds is 12. The first kappa shape index (κ1) is 18.9. The molecule has 0 aromatic carbocycles. The maximum atomic E-state index is 11.0. The Morgan fingerprint density at radius 3 is 1.63 bits per heavy atom. The summed E-state index contributed by atoms with van der Waals surface area (Å²) in [4.78, 5) is 13.3. The summed E-state index contributed by atoms with van der Waals surface area (Å²) in [5, 5.41) is 13.3. The van der Waals surface area contributed by atoms with Gasteiger partial charge in [0.2, 0.25) is 0 Å². The van der Waals surface area contributed by atoms with E-state index in [2.05, 4.69) is 25.7 Å². The maximum absolute atomic E-state index is 11.0. The molecule has 0 heterocycles. The zero-order valence-corrected chi connectivity index (χ0v) is 15.2. The molecule has 0 aromatic rings. The van der Waals surface area contributed by atoms with Gasteiger partial charge in [-0.25, -0.2) is 0 Å². The molecule has 0 unspecified atom stereocenters. The second-order valence-electron chi connectivity index (χ2n) is 5.67. The van der Waals surface area contributed by atoms with Crippen LogP contribution in [0, 0.1) is 0 Å². The number of aliphatic hydroxyl groups is 1. The molecular formula is C16H32GeO2. The number of aliphatic hydroxyl groups excluding tert-OH is 1. The molecule has 0 rings (SSSR count). The van der Waals surface area contributed by atoms with Gasteiger partial charge in [-0.1, -0.05) is 0 Å². The SMILES string of the molecule is CCC[CH2][Ge](/[CH]=C(\C=O)CO)([CH2]CCC)[CH2]CCC. The molecule has 19 heavy (non-hydrogen) atoms. The van der Waals surface area contributed by atoms with Crippen LogP contribution >= 0.6 is 0 Å². The number of hydrogen-bond donors (Lipinski definition) is 1. The van der Waals surface area contributed by atoms with E-state index in [1.54, 1.807) is 0 Å². The predicted molar refractivity (Wildman–Crippen MR) is 86.1 cm³/mol. The molecule has 112 valence electrons. The summed E-state index contributed by atoms with van der Waals surface area (Å²) in [6.07, 6.45) is 8.40. The summed E-state index contributed by atoms with van der Waals surface area (Å²) in [5.41, 5.74) is 0.642.